The maximum Gasteiger partial charge on any atom is 0.255 e. The highest BCUT2D eigenvalue weighted by molar-refractivity contribution is 6.52. The number of carbonyl (C=O) groups excluding carboxylic acids is 2. The van der Waals surface area contributed by atoms with E-state index in [1.54, 1.807) is 26.0 Å². The Bertz CT molecular complexity index is 729. The number of rotatable bonds is 2. The highest BCUT2D eigenvalue weighted by atomic mass is 16.5. The second kappa shape index (κ2) is 4.38. The van der Waals surface area contributed by atoms with Gasteiger partial charge < -0.3 is 9.15 Å². The topological polar surface area (TPSA) is 69.4 Å². The number of carbonyl (C=O) groups is 2. The fraction of sp³-hybridized carbons (Fsp3) is 0.267. The Balaban J connectivity index is 2.28. The number of ketones is 2. The first-order chi connectivity index (χ1) is 9.54. The molecule has 0 saturated carbocycles. The van der Waals surface area contributed by atoms with E-state index >= 15 is 0 Å². The van der Waals surface area contributed by atoms with Gasteiger partial charge in [-0.1, -0.05) is 18.2 Å². The summed E-state index contributed by atoms with van der Waals surface area (Å²) in [5.41, 5.74) is 1.85. The zero-order chi connectivity index (χ0) is 14.4. The Kier molecular flexibility index (Phi) is 2.79. The monoisotopic (exact) mass is 271 g/mol. The molecule has 0 N–H and O–H groups in total. The molecule has 1 heterocycles. The van der Waals surface area contributed by atoms with Gasteiger partial charge in [-0.05, 0) is 19.4 Å². The Labute approximate surface area is 115 Å². The van der Waals surface area contributed by atoms with E-state index in [1.165, 1.54) is 7.11 Å². The van der Waals surface area contributed by atoms with Crippen molar-refractivity contribution >= 4 is 11.6 Å². The molecular weight excluding hydrogens is 258 g/mol. The van der Waals surface area contributed by atoms with Gasteiger partial charge in [-0.25, -0.2) is 4.98 Å². The van der Waals surface area contributed by atoms with E-state index in [0.717, 1.165) is 5.56 Å². The summed E-state index contributed by atoms with van der Waals surface area (Å²) in [5.74, 6) is -0.504. The van der Waals surface area contributed by atoms with Crippen molar-refractivity contribution in [2.45, 2.75) is 20.0 Å². The highest BCUT2D eigenvalue weighted by Crippen LogP contribution is 2.36. The first-order valence-corrected chi connectivity index (χ1v) is 6.27. The van der Waals surface area contributed by atoms with Gasteiger partial charge in [0, 0.05) is 18.2 Å². The van der Waals surface area contributed by atoms with E-state index in [9.17, 15) is 9.59 Å². The van der Waals surface area contributed by atoms with Crippen LogP contribution in [-0.2, 0) is 4.74 Å². The van der Waals surface area contributed by atoms with Crippen LogP contribution in [0.15, 0.2) is 22.6 Å². The molecule has 1 aromatic heterocycles. The molecule has 1 atom stereocenters. The highest BCUT2D eigenvalue weighted by Gasteiger charge is 2.36. The van der Waals surface area contributed by atoms with Crippen LogP contribution in [0.2, 0.25) is 0 Å². The van der Waals surface area contributed by atoms with Crippen LogP contribution in [0.25, 0.3) is 11.3 Å². The van der Waals surface area contributed by atoms with Gasteiger partial charge in [-0.3, -0.25) is 9.59 Å². The van der Waals surface area contributed by atoms with Gasteiger partial charge in [0.25, 0.3) is 5.78 Å². The molecule has 0 spiro atoms. The van der Waals surface area contributed by atoms with Gasteiger partial charge in [-0.2, -0.15) is 0 Å². The smallest absolute Gasteiger partial charge is 0.255 e. The summed E-state index contributed by atoms with van der Waals surface area (Å²) in [6.07, 6.45) is -0.378. The minimum Gasteiger partial charge on any atom is -0.437 e. The van der Waals surface area contributed by atoms with Gasteiger partial charge in [0.05, 0.1) is 0 Å². The zero-order valence-electron chi connectivity index (χ0n) is 11.4. The number of ether oxygens (including phenoxy) is 1. The maximum atomic E-state index is 12.2. The summed E-state index contributed by atoms with van der Waals surface area (Å²) < 4.78 is 10.8. The first kappa shape index (κ1) is 12.7. The molecule has 5 heteroatoms. The molecule has 0 aliphatic heterocycles. The number of aryl methyl sites for hydroxylation is 1. The van der Waals surface area contributed by atoms with Crippen molar-refractivity contribution in [3.8, 4) is 11.3 Å². The maximum absolute atomic E-state index is 12.2. The third-order valence-electron chi connectivity index (χ3n) is 3.51. The SMILES string of the molecule is COC(C)c1nc2c(o1)-c1cccc(C)c1C(=O)C2=O. The molecule has 102 valence electrons. The summed E-state index contributed by atoms with van der Waals surface area (Å²) in [5, 5.41) is 0. The van der Waals surface area contributed by atoms with Crippen LogP contribution >= 0.6 is 0 Å². The largest absolute Gasteiger partial charge is 0.437 e. The summed E-state index contributed by atoms with van der Waals surface area (Å²) >= 11 is 0. The number of benzene rings is 1. The number of hydrogen-bond donors (Lipinski definition) is 0. The lowest BCUT2D eigenvalue weighted by molar-refractivity contribution is 0.0811. The van der Waals surface area contributed by atoms with E-state index in [1.807, 2.05) is 6.07 Å². The molecular formula is C15H13NO4. The summed E-state index contributed by atoms with van der Waals surface area (Å²) in [7, 11) is 1.53. The Morgan fingerprint density at radius 2 is 2.00 bits per heavy atom. The van der Waals surface area contributed by atoms with Gasteiger partial charge in [-0.15, -0.1) is 0 Å². The number of Topliss-reactive ketones (excluding diaryl/α,β-unsaturated/α-hetero) is 2. The van der Waals surface area contributed by atoms with Crippen molar-refractivity contribution in [3.05, 3.63) is 40.9 Å². The lowest BCUT2D eigenvalue weighted by atomic mass is 9.88. The van der Waals surface area contributed by atoms with E-state index in [-0.39, 0.29) is 11.8 Å². The van der Waals surface area contributed by atoms with Crippen LogP contribution in [0.1, 0.15) is 45.3 Å². The number of fused-ring (bicyclic) bond motifs is 3. The Morgan fingerprint density at radius 1 is 1.25 bits per heavy atom. The third-order valence-corrected chi connectivity index (χ3v) is 3.51. The number of hydrogen-bond acceptors (Lipinski definition) is 5. The summed E-state index contributed by atoms with van der Waals surface area (Å²) in [6.45, 7) is 3.56. The molecule has 0 saturated heterocycles. The molecule has 1 aliphatic rings. The van der Waals surface area contributed by atoms with Crippen molar-refractivity contribution in [3.63, 3.8) is 0 Å². The fourth-order valence-corrected chi connectivity index (χ4v) is 2.33. The van der Waals surface area contributed by atoms with Crippen LogP contribution in [0.4, 0.5) is 0 Å². The molecule has 1 aliphatic carbocycles. The van der Waals surface area contributed by atoms with Crippen LogP contribution < -0.4 is 0 Å². The lowest BCUT2D eigenvalue weighted by Gasteiger charge is -2.13. The van der Waals surface area contributed by atoms with Crippen molar-refractivity contribution < 1.29 is 18.7 Å². The van der Waals surface area contributed by atoms with Crippen molar-refractivity contribution in [1.82, 2.24) is 4.98 Å². The van der Waals surface area contributed by atoms with Crippen molar-refractivity contribution in [1.29, 1.82) is 0 Å². The molecule has 1 unspecified atom stereocenters. The average molecular weight is 271 g/mol. The molecule has 0 bridgehead atoms. The van der Waals surface area contributed by atoms with Gasteiger partial charge >= 0.3 is 0 Å². The van der Waals surface area contributed by atoms with Crippen LogP contribution in [0, 0.1) is 6.92 Å². The molecule has 0 amide bonds. The van der Waals surface area contributed by atoms with Gasteiger partial charge in [0.15, 0.2) is 11.5 Å². The van der Waals surface area contributed by atoms with Crippen LogP contribution in [-0.4, -0.2) is 23.7 Å². The van der Waals surface area contributed by atoms with E-state index in [2.05, 4.69) is 4.98 Å². The summed E-state index contributed by atoms with van der Waals surface area (Å²) in [6, 6.07) is 5.38. The quantitative estimate of drug-likeness (QED) is 0.785. The minimum absolute atomic E-state index is 0.0759. The average Bonchev–Trinajstić information content (AvgIpc) is 2.89. The van der Waals surface area contributed by atoms with Crippen LogP contribution in [0.5, 0.6) is 0 Å². The molecule has 0 radical (unpaired) electrons. The number of oxazole rings is 1. The molecule has 3 rings (SSSR count). The Morgan fingerprint density at radius 3 is 2.70 bits per heavy atom. The van der Waals surface area contributed by atoms with E-state index < -0.39 is 11.6 Å². The lowest BCUT2D eigenvalue weighted by Crippen LogP contribution is -2.22. The normalized spacial score (nSPS) is 14.9. The fourth-order valence-electron chi connectivity index (χ4n) is 2.33. The summed E-state index contributed by atoms with van der Waals surface area (Å²) in [4.78, 5) is 28.4. The van der Waals surface area contributed by atoms with E-state index in [0.29, 0.717) is 22.8 Å². The van der Waals surface area contributed by atoms with Crippen LogP contribution in [0.3, 0.4) is 0 Å². The second-order valence-corrected chi connectivity index (χ2v) is 4.76. The Hall–Kier alpha value is -2.27. The molecule has 0 fully saturated rings. The second-order valence-electron chi connectivity index (χ2n) is 4.76. The van der Waals surface area contributed by atoms with Gasteiger partial charge in [0.2, 0.25) is 11.7 Å². The predicted molar refractivity (Wildman–Crippen MR) is 70.8 cm³/mol. The zero-order valence-corrected chi connectivity index (χ0v) is 11.4. The molecule has 20 heavy (non-hydrogen) atoms. The standard InChI is InChI=1S/C15H13NO4/c1-7-5-4-6-9-10(7)12(17)13(18)11-14(9)20-15(16-11)8(2)19-3/h4-6,8H,1-3H3. The number of methoxy groups -OCH3 is 1. The molecule has 5 nitrogen and oxygen atoms in total. The number of aromatic nitrogens is 1. The van der Waals surface area contributed by atoms with Gasteiger partial charge in [0.1, 0.15) is 6.10 Å². The predicted octanol–water partition coefficient (Wildman–Crippen LogP) is 2.74. The van der Waals surface area contributed by atoms with E-state index in [4.69, 9.17) is 9.15 Å². The first-order valence-electron chi connectivity index (χ1n) is 6.27. The third kappa shape index (κ3) is 1.63. The number of nitrogens with zero attached hydrogens (tertiary/aromatic N) is 1. The molecule has 2 aromatic rings. The van der Waals surface area contributed by atoms with Crippen molar-refractivity contribution in [2.24, 2.45) is 0 Å². The molecule has 1 aromatic carbocycles. The minimum atomic E-state index is -0.625. The van der Waals surface area contributed by atoms with Crippen molar-refractivity contribution in [2.75, 3.05) is 7.11 Å².